The van der Waals surface area contributed by atoms with Crippen LogP contribution in [0, 0.1) is 0 Å². The van der Waals surface area contributed by atoms with Crippen molar-refractivity contribution in [2.45, 2.75) is 103 Å². The van der Waals surface area contributed by atoms with Crippen molar-refractivity contribution in [1.82, 2.24) is 0 Å². The van der Waals surface area contributed by atoms with Crippen LogP contribution in [0.1, 0.15) is 88.0 Å². The molecule has 2 aliphatic rings. The number of hydrogen-bond acceptors (Lipinski definition) is 2. The quantitative estimate of drug-likeness (QED) is 0.611. The Balaban J connectivity index is 0. The van der Waals surface area contributed by atoms with Gasteiger partial charge >= 0.3 is 29.6 Å². The molecule has 0 spiro atoms. The first-order chi connectivity index (χ1) is 10.4. The Kier molecular flexibility index (Phi) is 14.3. The minimum Gasteiger partial charge on any atom is -0.381 e. The van der Waals surface area contributed by atoms with Gasteiger partial charge in [-0.2, -0.15) is 15.1 Å². The first kappa shape index (κ1) is 27.4. The maximum atomic E-state index is 4.94. The largest absolute Gasteiger partial charge is 1.00 e. The van der Waals surface area contributed by atoms with Gasteiger partial charge in [-0.05, 0) is 25.7 Å². The van der Waals surface area contributed by atoms with Crippen molar-refractivity contribution in [2.75, 3.05) is 26.4 Å². The molecule has 2 heterocycles. The normalized spacial score (nSPS) is 18.2. The van der Waals surface area contributed by atoms with E-state index >= 15 is 0 Å². The topological polar surface area (TPSA) is 18.5 Å². The number of ether oxygens (including phenoxy) is 2. The summed E-state index contributed by atoms with van der Waals surface area (Å²) in [6, 6.07) is 0. The van der Waals surface area contributed by atoms with Crippen molar-refractivity contribution in [1.29, 1.82) is 0 Å². The van der Waals surface area contributed by atoms with E-state index in [2.05, 4.69) is 62.3 Å². The Morgan fingerprint density at radius 1 is 0.500 bits per heavy atom. The SMILES string of the molecule is C1CCOC1.C1CCOC1.CC(C)(C)[Si-](C(C)(C)C)C(C)(C)C.[Na+]. The van der Waals surface area contributed by atoms with Gasteiger partial charge in [0.1, 0.15) is 0 Å². The molecule has 0 aromatic carbocycles. The fourth-order valence-electron chi connectivity index (χ4n) is 4.40. The second-order valence-corrected chi connectivity index (χ2v) is 15.0. The molecule has 2 aliphatic heterocycles. The summed E-state index contributed by atoms with van der Waals surface area (Å²) >= 11 is 0. The van der Waals surface area contributed by atoms with Gasteiger partial charge in [0, 0.05) is 26.4 Å². The summed E-state index contributed by atoms with van der Waals surface area (Å²) in [6.07, 6.45) is 5.11. The maximum Gasteiger partial charge on any atom is 1.00 e. The standard InChI is InChI=1S/C12H27Si.2C4H8O.Na/c1-10(2,3)13(11(4,5)6)12(7,8)9;2*1-2-4-5-3-1;/h1-9H3;2*1-4H2;/q-1;;;+1. The van der Waals surface area contributed by atoms with Gasteiger partial charge in [-0.1, -0.05) is 62.3 Å². The summed E-state index contributed by atoms with van der Waals surface area (Å²) in [5, 5.41) is 1.46. The second-order valence-electron chi connectivity index (χ2n) is 9.76. The molecular formula is C20H43NaO2Si. The van der Waals surface area contributed by atoms with Crippen LogP contribution in [0.2, 0.25) is 15.1 Å². The van der Waals surface area contributed by atoms with E-state index in [9.17, 15) is 0 Å². The molecule has 2 saturated heterocycles. The van der Waals surface area contributed by atoms with Crippen molar-refractivity contribution in [3.63, 3.8) is 0 Å². The zero-order valence-electron chi connectivity index (χ0n) is 18.5. The predicted molar refractivity (Wildman–Crippen MR) is 105 cm³/mol. The van der Waals surface area contributed by atoms with Crippen molar-refractivity contribution >= 4 is 8.80 Å². The van der Waals surface area contributed by atoms with Gasteiger partial charge < -0.3 is 9.47 Å². The molecule has 0 aromatic rings. The minimum absolute atomic E-state index is 0. The molecule has 2 fully saturated rings. The van der Waals surface area contributed by atoms with Crippen LogP contribution in [0.3, 0.4) is 0 Å². The molecule has 0 aliphatic carbocycles. The minimum atomic E-state index is -0.391. The monoisotopic (exact) mass is 366 g/mol. The van der Waals surface area contributed by atoms with E-state index in [0.717, 1.165) is 26.4 Å². The molecule has 4 heteroatoms. The Morgan fingerprint density at radius 3 is 0.750 bits per heavy atom. The third-order valence-corrected chi connectivity index (χ3v) is 8.40. The Morgan fingerprint density at radius 2 is 0.708 bits per heavy atom. The van der Waals surface area contributed by atoms with E-state index in [4.69, 9.17) is 9.47 Å². The van der Waals surface area contributed by atoms with Crippen LogP contribution < -0.4 is 29.6 Å². The summed E-state index contributed by atoms with van der Waals surface area (Å²) in [7, 11) is -0.391. The smallest absolute Gasteiger partial charge is 0.381 e. The van der Waals surface area contributed by atoms with E-state index in [1.807, 2.05) is 0 Å². The molecule has 0 unspecified atom stereocenters. The van der Waals surface area contributed by atoms with Gasteiger partial charge in [-0.15, -0.1) is 0 Å². The van der Waals surface area contributed by atoms with Crippen LogP contribution in [-0.2, 0) is 9.47 Å². The van der Waals surface area contributed by atoms with Gasteiger partial charge in [0.2, 0.25) is 0 Å². The average molecular weight is 367 g/mol. The summed E-state index contributed by atoms with van der Waals surface area (Å²) < 4.78 is 9.89. The number of hydrogen-bond donors (Lipinski definition) is 0. The average Bonchev–Trinajstić information content (AvgIpc) is 3.03. The van der Waals surface area contributed by atoms with Crippen LogP contribution in [0.25, 0.3) is 0 Å². The molecule has 2 nitrogen and oxygen atoms in total. The van der Waals surface area contributed by atoms with Crippen LogP contribution in [0.15, 0.2) is 0 Å². The van der Waals surface area contributed by atoms with Gasteiger partial charge in [0.25, 0.3) is 0 Å². The summed E-state index contributed by atoms with van der Waals surface area (Å²) in [5.74, 6) is 0. The van der Waals surface area contributed by atoms with E-state index in [1.54, 1.807) is 0 Å². The van der Waals surface area contributed by atoms with Crippen LogP contribution in [0.5, 0.6) is 0 Å². The zero-order valence-corrected chi connectivity index (χ0v) is 21.5. The molecule has 0 N–H and O–H groups in total. The van der Waals surface area contributed by atoms with Crippen LogP contribution in [0.4, 0.5) is 0 Å². The first-order valence-electron chi connectivity index (χ1n) is 9.40. The van der Waals surface area contributed by atoms with E-state index in [0.29, 0.717) is 15.1 Å². The Bertz CT molecular complexity index is 234. The molecule has 0 saturated carbocycles. The molecule has 0 amide bonds. The second kappa shape index (κ2) is 12.5. The fourth-order valence-corrected chi connectivity index (χ4v) is 11.1. The Hall–Kier alpha value is 1.14. The van der Waals surface area contributed by atoms with Crippen molar-refractivity contribution in [3.05, 3.63) is 0 Å². The first-order valence-corrected chi connectivity index (χ1v) is 10.9. The summed E-state index contributed by atoms with van der Waals surface area (Å²) in [6.45, 7) is 25.6. The van der Waals surface area contributed by atoms with E-state index < -0.39 is 8.80 Å². The Labute approximate surface area is 176 Å². The molecule has 0 bridgehead atoms. The third-order valence-electron chi connectivity index (χ3n) is 3.90. The van der Waals surface area contributed by atoms with Gasteiger partial charge in [0.15, 0.2) is 0 Å². The number of rotatable bonds is 0. The van der Waals surface area contributed by atoms with Gasteiger partial charge in [-0.3, -0.25) is 0 Å². The summed E-state index contributed by atoms with van der Waals surface area (Å²) in [5.41, 5.74) is 0. The molecule has 2 rings (SSSR count). The van der Waals surface area contributed by atoms with Crippen LogP contribution >= 0.6 is 0 Å². The summed E-state index contributed by atoms with van der Waals surface area (Å²) in [4.78, 5) is 0. The molecule has 0 radical (unpaired) electrons. The fraction of sp³-hybridized carbons (Fsp3) is 1.00. The zero-order chi connectivity index (χ0) is 18.1. The molecular weight excluding hydrogens is 323 g/mol. The molecule has 0 atom stereocenters. The van der Waals surface area contributed by atoms with Crippen molar-refractivity contribution < 1.29 is 39.0 Å². The van der Waals surface area contributed by atoms with E-state index in [1.165, 1.54) is 25.7 Å². The molecule has 24 heavy (non-hydrogen) atoms. The maximum absolute atomic E-state index is 4.94. The van der Waals surface area contributed by atoms with Crippen molar-refractivity contribution in [3.8, 4) is 0 Å². The van der Waals surface area contributed by atoms with Gasteiger partial charge in [0.05, 0.1) is 0 Å². The van der Waals surface area contributed by atoms with E-state index in [-0.39, 0.29) is 29.6 Å². The molecule has 0 aromatic heterocycles. The van der Waals surface area contributed by atoms with Gasteiger partial charge in [-0.25, -0.2) is 8.80 Å². The molecule has 140 valence electrons. The third kappa shape index (κ3) is 13.4. The van der Waals surface area contributed by atoms with Crippen molar-refractivity contribution in [2.24, 2.45) is 0 Å². The predicted octanol–water partition coefficient (Wildman–Crippen LogP) is 3.48. The van der Waals surface area contributed by atoms with Crippen LogP contribution in [-0.4, -0.2) is 35.2 Å².